The number of nitrogens with one attached hydrogen (secondary N) is 1. The third kappa shape index (κ3) is 1.26. The Balaban J connectivity index is 2.12. The smallest absolute Gasteiger partial charge is 0.0383 e. The van der Waals surface area contributed by atoms with Crippen molar-refractivity contribution in [1.82, 2.24) is 5.32 Å². The van der Waals surface area contributed by atoms with Crippen LogP contribution in [0.25, 0.3) is 0 Å². The number of benzene rings is 1. The maximum absolute atomic E-state index is 3.72. The standard InChI is InChI=1S/C14H19N/c1-10-5-3-6-11-9-14(2)7-4-8-15-13(14)12(10)11/h3,5-6,13,15H,4,7-9H2,1-2H3/t13-,14+/m1/s1. The second kappa shape index (κ2) is 3.08. The van der Waals surface area contributed by atoms with Crippen molar-refractivity contribution in [2.75, 3.05) is 6.54 Å². The molecule has 0 bridgehead atoms. The van der Waals surface area contributed by atoms with Gasteiger partial charge in [-0.15, -0.1) is 0 Å². The fourth-order valence-corrected chi connectivity index (χ4v) is 3.51. The van der Waals surface area contributed by atoms with Crippen LogP contribution in [0.4, 0.5) is 0 Å². The molecule has 15 heavy (non-hydrogen) atoms. The summed E-state index contributed by atoms with van der Waals surface area (Å²) in [6.45, 7) is 5.89. The Bertz CT molecular complexity index is 396. The third-order valence-electron chi connectivity index (χ3n) is 4.27. The fraction of sp³-hybridized carbons (Fsp3) is 0.571. The largest absolute Gasteiger partial charge is 0.309 e. The van der Waals surface area contributed by atoms with E-state index in [1.54, 1.807) is 11.1 Å². The van der Waals surface area contributed by atoms with Crippen molar-refractivity contribution in [2.24, 2.45) is 5.41 Å². The highest BCUT2D eigenvalue weighted by Gasteiger charge is 2.44. The van der Waals surface area contributed by atoms with Gasteiger partial charge in [0, 0.05) is 6.04 Å². The molecule has 0 saturated carbocycles. The van der Waals surface area contributed by atoms with Gasteiger partial charge >= 0.3 is 0 Å². The van der Waals surface area contributed by atoms with Crippen LogP contribution in [0.3, 0.4) is 0 Å². The summed E-state index contributed by atoms with van der Waals surface area (Å²) in [6, 6.07) is 7.38. The molecule has 80 valence electrons. The lowest BCUT2D eigenvalue weighted by Crippen LogP contribution is -2.39. The average molecular weight is 201 g/mol. The van der Waals surface area contributed by atoms with Crippen molar-refractivity contribution in [2.45, 2.75) is 39.2 Å². The average Bonchev–Trinajstić information content (AvgIpc) is 2.51. The number of piperidine rings is 1. The highest BCUT2D eigenvalue weighted by molar-refractivity contribution is 5.43. The summed E-state index contributed by atoms with van der Waals surface area (Å²) in [6.07, 6.45) is 3.97. The van der Waals surface area contributed by atoms with E-state index in [9.17, 15) is 0 Å². The lowest BCUT2D eigenvalue weighted by atomic mass is 9.76. The molecule has 1 aliphatic carbocycles. The molecule has 1 aliphatic heterocycles. The molecule has 0 unspecified atom stereocenters. The van der Waals surface area contributed by atoms with Crippen molar-refractivity contribution < 1.29 is 0 Å². The molecule has 0 radical (unpaired) electrons. The zero-order valence-electron chi connectivity index (χ0n) is 9.64. The third-order valence-corrected chi connectivity index (χ3v) is 4.27. The van der Waals surface area contributed by atoms with E-state index in [1.165, 1.54) is 31.4 Å². The van der Waals surface area contributed by atoms with Crippen LogP contribution in [0.15, 0.2) is 18.2 Å². The van der Waals surface area contributed by atoms with E-state index in [0.717, 1.165) is 0 Å². The van der Waals surface area contributed by atoms with E-state index >= 15 is 0 Å². The van der Waals surface area contributed by atoms with Crippen LogP contribution in [0, 0.1) is 12.3 Å². The first-order valence-electron chi connectivity index (χ1n) is 6.02. The maximum Gasteiger partial charge on any atom is 0.0383 e. The molecule has 1 aromatic carbocycles. The molecule has 1 N–H and O–H groups in total. The monoisotopic (exact) mass is 201 g/mol. The van der Waals surface area contributed by atoms with E-state index in [2.05, 4.69) is 37.4 Å². The highest BCUT2D eigenvalue weighted by Crippen LogP contribution is 2.50. The highest BCUT2D eigenvalue weighted by atomic mass is 15.0. The number of hydrogen-bond donors (Lipinski definition) is 1. The number of hydrogen-bond acceptors (Lipinski definition) is 1. The van der Waals surface area contributed by atoms with Gasteiger partial charge in [-0.25, -0.2) is 0 Å². The molecule has 1 saturated heterocycles. The normalized spacial score (nSPS) is 33.6. The van der Waals surface area contributed by atoms with Crippen molar-refractivity contribution in [3.8, 4) is 0 Å². The van der Waals surface area contributed by atoms with Crippen LogP contribution in [0.2, 0.25) is 0 Å². The van der Waals surface area contributed by atoms with E-state index in [4.69, 9.17) is 0 Å². The van der Waals surface area contributed by atoms with Gasteiger partial charge in [0.1, 0.15) is 0 Å². The molecule has 1 nitrogen and oxygen atoms in total. The molecule has 2 atom stereocenters. The minimum Gasteiger partial charge on any atom is -0.309 e. The lowest BCUT2D eigenvalue weighted by Gasteiger charge is -2.37. The van der Waals surface area contributed by atoms with Gasteiger partial charge in [-0.05, 0) is 54.8 Å². The predicted octanol–water partition coefficient (Wildman–Crippen LogP) is 2.98. The Labute approximate surface area is 91.9 Å². The lowest BCUT2D eigenvalue weighted by molar-refractivity contribution is 0.178. The number of fused-ring (bicyclic) bond motifs is 3. The first-order chi connectivity index (χ1) is 7.21. The van der Waals surface area contributed by atoms with E-state index < -0.39 is 0 Å². The van der Waals surface area contributed by atoms with Gasteiger partial charge < -0.3 is 5.32 Å². The van der Waals surface area contributed by atoms with Crippen LogP contribution in [-0.4, -0.2) is 6.54 Å². The van der Waals surface area contributed by atoms with Crippen molar-refractivity contribution in [1.29, 1.82) is 0 Å². The van der Waals surface area contributed by atoms with Gasteiger partial charge in [0.2, 0.25) is 0 Å². The number of aryl methyl sites for hydroxylation is 1. The zero-order valence-corrected chi connectivity index (χ0v) is 9.64. The first-order valence-corrected chi connectivity index (χ1v) is 6.02. The summed E-state index contributed by atoms with van der Waals surface area (Å²) in [7, 11) is 0. The maximum atomic E-state index is 3.72. The topological polar surface area (TPSA) is 12.0 Å². The molecule has 0 amide bonds. The van der Waals surface area contributed by atoms with Gasteiger partial charge in [0.25, 0.3) is 0 Å². The van der Waals surface area contributed by atoms with Gasteiger partial charge in [-0.3, -0.25) is 0 Å². The van der Waals surface area contributed by atoms with E-state index in [-0.39, 0.29) is 0 Å². The van der Waals surface area contributed by atoms with Gasteiger partial charge in [0.15, 0.2) is 0 Å². The van der Waals surface area contributed by atoms with Crippen LogP contribution in [-0.2, 0) is 6.42 Å². The van der Waals surface area contributed by atoms with Crippen LogP contribution >= 0.6 is 0 Å². The fourth-order valence-electron chi connectivity index (χ4n) is 3.51. The molecule has 1 aromatic rings. The summed E-state index contributed by atoms with van der Waals surface area (Å²) in [5.74, 6) is 0. The SMILES string of the molecule is Cc1cccc2c1[C@H]1NCCC[C@@]1(C)C2. The molecular formula is C14H19N. The second-order valence-electron chi connectivity index (χ2n) is 5.47. The summed E-state index contributed by atoms with van der Waals surface area (Å²) in [5, 5.41) is 3.72. The van der Waals surface area contributed by atoms with Gasteiger partial charge in [0.05, 0.1) is 0 Å². The van der Waals surface area contributed by atoms with Crippen molar-refractivity contribution in [3.05, 3.63) is 34.9 Å². The number of rotatable bonds is 0. The molecule has 2 aliphatic rings. The Morgan fingerprint density at radius 1 is 1.40 bits per heavy atom. The summed E-state index contributed by atoms with van der Waals surface area (Å²) < 4.78 is 0. The molecule has 0 aromatic heterocycles. The molecule has 3 rings (SSSR count). The molecule has 0 spiro atoms. The molecule has 1 heteroatoms. The zero-order chi connectivity index (χ0) is 10.5. The minimum atomic E-state index is 0.479. The van der Waals surface area contributed by atoms with Crippen molar-refractivity contribution >= 4 is 0 Å². The summed E-state index contributed by atoms with van der Waals surface area (Å²) in [5.41, 5.74) is 5.12. The second-order valence-corrected chi connectivity index (χ2v) is 5.47. The Kier molecular flexibility index (Phi) is 1.93. The minimum absolute atomic E-state index is 0.479. The van der Waals surface area contributed by atoms with Gasteiger partial charge in [-0.1, -0.05) is 25.1 Å². The van der Waals surface area contributed by atoms with E-state index in [1.807, 2.05) is 0 Å². The summed E-state index contributed by atoms with van der Waals surface area (Å²) >= 11 is 0. The van der Waals surface area contributed by atoms with Crippen LogP contribution in [0.5, 0.6) is 0 Å². The van der Waals surface area contributed by atoms with Crippen LogP contribution in [0.1, 0.15) is 42.5 Å². The predicted molar refractivity (Wildman–Crippen MR) is 63.0 cm³/mol. The Morgan fingerprint density at radius 3 is 3.13 bits per heavy atom. The van der Waals surface area contributed by atoms with Gasteiger partial charge in [-0.2, -0.15) is 0 Å². The Hall–Kier alpha value is -0.820. The quantitative estimate of drug-likeness (QED) is 0.680. The van der Waals surface area contributed by atoms with Crippen LogP contribution < -0.4 is 5.32 Å². The summed E-state index contributed by atoms with van der Waals surface area (Å²) in [4.78, 5) is 0. The Morgan fingerprint density at radius 2 is 2.27 bits per heavy atom. The molecule has 1 fully saturated rings. The molecule has 1 heterocycles. The van der Waals surface area contributed by atoms with Crippen molar-refractivity contribution in [3.63, 3.8) is 0 Å². The van der Waals surface area contributed by atoms with E-state index in [0.29, 0.717) is 11.5 Å². The molecular weight excluding hydrogens is 182 g/mol. The first kappa shape index (κ1) is 9.41.